The van der Waals surface area contributed by atoms with E-state index in [0.29, 0.717) is 11.6 Å². The largest absolute Gasteiger partial charge is 0.497 e. The number of aliphatic hydroxyl groups is 1. The van der Waals surface area contributed by atoms with Crippen molar-refractivity contribution in [1.29, 1.82) is 0 Å². The fraction of sp³-hybridized carbons (Fsp3) is 0.250. The van der Waals surface area contributed by atoms with Crippen LogP contribution in [0.1, 0.15) is 18.3 Å². The number of benzene rings is 1. The standard InChI is InChI=1S/C12H14N2O2/c1-12(15,11-13-6-7-14-11)9-4-3-5-10(8-9)16-2/h3-8,15H,1-2H3,(H,13,14)/t12-/m1/s1. The van der Waals surface area contributed by atoms with Gasteiger partial charge in [-0.05, 0) is 24.6 Å². The van der Waals surface area contributed by atoms with Crippen LogP contribution in [0.5, 0.6) is 5.75 Å². The van der Waals surface area contributed by atoms with E-state index in [-0.39, 0.29) is 0 Å². The molecule has 16 heavy (non-hydrogen) atoms. The van der Waals surface area contributed by atoms with Gasteiger partial charge in [0.1, 0.15) is 17.2 Å². The van der Waals surface area contributed by atoms with Crippen LogP contribution in [-0.2, 0) is 5.60 Å². The number of ether oxygens (including phenoxy) is 1. The fourth-order valence-electron chi connectivity index (χ4n) is 1.59. The average molecular weight is 218 g/mol. The van der Waals surface area contributed by atoms with Crippen molar-refractivity contribution in [2.75, 3.05) is 7.11 Å². The van der Waals surface area contributed by atoms with Gasteiger partial charge in [-0.2, -0.15) is 0 Å². The summed E-state index contributed by atoms with van der Waals surface area (Å²) < 4.78 is 5.13. The summed E-state index contributed by atoms with van der Waals surface area (Å²) >= 11 is 0. The quantitative estimate of drug-likeness (QED) is 0.824. The maximum absolute atomic E-state index is 10.4. The predicted molar refractivity (Wildman–Crippen MR) is 60.3 cm³/mol. The van der Waals surface area contributed by atoms with Crippen LogP contribution >= 0.6 is 0 Å². The van der Waals surface area contributed by atoms with Crippen LogP contribution in [0.4, 0.5) is 0 Å². The number of imidazole rings is 1. The molecule has 0 saturated heterocycles. The summed E-state index contributed by atoms with van der Waals surface area (Å²) in [6, 6.07) is 7.31. The molecule has 0 aliphatic carbocycles. The number of nitrogens with zero attached hydrogens (tertiary/aromatic N) is 1. The maximum atomic E-state index is 10.4. The Morgan fingerprint density at radius 2 is 2.25 bits per heavy atom. The Morgan fingerprint density at radius 3 is 2.88 bits per heavy atom. The Labute approximate surface area is 93.9 Å². The molecule has 1 heterocycles. The van der Waals surface area contributed by atoms with Gasteiger partial charge in [0.25, 0.3) is 0 Å². The van der Waals surface area contributed by atoms with Gasteiger partial charge in [0.15, 0.2) is 0 Å². The third-order valence-corrected chi connectivity index (χ3v) is 2.59. The molecule has 1 atom stereocenters. The van der Waals surface area contributed by atoms with Crippen LogP contribution in [0.15, 0.2) is 36.7 Å². The molecule has 2 aromatic rings. The molecular formula is C12H14N2O2. The third-order valence-electron chi connectivity index (χ3n) is 2.59. The van der Waals surface area contributed by atoms with Gasteiger partial charge in [-0.25, -0.2) is 4.98 Å². The van der Waals surface area contributed by atoms with Gasteiger partial charge in [0.2, 0.25) is 0 Å². The van der Waals surface area contributed by atoms with Gasteiger partial charge in [0, 0.05) is 12.4 Å². The average Bonchev–Trinajstić information content (AvgIpc) is 2.83. The molecule has 0 fully saturated rings. The number of rotatable bonds is 3. The van der Waals surface area contributed by atoms with E-state index in [9.17, 15) is 5.11 Å². The summed E-state index contributed by atoms with van der Waals surface area (Å²) in [5.74, 6) is 1.23. The van der Waals surface area contributed by atoms with Gasteiger partial charge < -0.3 is 14.8 Å². The monoisotopic (exact) mass is 218 g/mol. The Balaban J connectivity index is 2.42. The lowest BCUT2D eigenvalue weighted by molar-refractivity contribution is 0.0929. The van der Waals surface area contributed by atoms with Crippen LogP contribution in [0.3, 0.4) is 0 Å². The summed E-state index contributed by atoms with van der Waals surface area (Å²) in [7, 11) is 1.60. The molecular weight excluding hydrogens is 204 g/mol. The zero-order chi connectivity index (χ0) is 11.6. The molecule has 0 radical (unpaired) electrons. The van der Waals surface area contributed by atoms with Crippen molar-refractivity contribution in [2.24, 2.45) is 0 Å². The third kappa shape index (κ3) is 1.79. The van der Waals surface area contributed by atoms with Crippen molar-refractivity contribution in [1.82, 2.24) is 9.97 Å². The van der Waals surface area contributed by atoms with Crippen molar-refractivity contribution >= 4 is 0 Å². The second-order valence-electron chi connectivity index (χ2n) is 3.74. The predicted octanol–water partition coefficient (Wildman–Crippen LogP) is 1.67. The fourth-order valence-corrected chi connectivity index (χ4v) is 1.59. The smallest absolute Gasteiger partial charge is 0.144 e. The van der Waals surface area contributed by atoms with Crippen molar-refractivity contribution < 1.29 is 9.84 Å². The van der Waals surface area contributed by atoms with Crippen molar-refractivity contribution in [3.8, 4) is 5.75 Å². The van der Waals surface area contributed by atoms with E-state index in [1.807, 2.05) is 18.2 Å². The first kappa shape index (κ1) is 10.7. The lowest BCUT2D eigenvalue weighted by Crippen LogP contribution is -2.24. The molecule has 2 N–H and O–H groups in total. The molecule has 1 aromatic heterocycles. The van der Waals surface area contributed by atoms with Gasteiger partial charge in [-0.3, -0.25) is 0 Å². The van der Waals surface area contributed by atoms with Gasteiger partial charge in [-0.15, -0.1) is 0 Å². The zero-order valence-corrected chi connectivity index (χ0v) is 9.27. The van der Waals surface area contributed by atoms with Gasteiger partial charge >= 0.3 is 0 Å². The summed E-state index contributed by atoms with van der Waals surface area (Å²) in [4.78, 5) is 6.98. The van der Waals surface area contributed by atoms with Crippen LogP contribution in [0, 0.1) is 0 Å². The number of H-pyrrole nitrogens is 1. The van der Waals surface area contributed by atoms with Gasteiger partial charge in [0.05, 0.1) is 7.11 Å². The Kier molecular flexibility index (Phi) is 2.66. The van der Waals surface area contributed by atoms with Crippen LogP contribution in [-0.4, -0.2) is 22.2 Å². The van der Waals surface area contributed by atoms with Crippen molar-refractivity contribution in [3.63, 3.8) is 0 Å². The number of methoxy groups -OCH3 is 1. The molecule has 4 nitrogen and oxygen atoms in total. The number of nitrogens with one attached hydrogen (secondary N) is 1. The van der Waals surface area contributed by atoms with E-state index in [2.05, 4.69) is 9.97 Å². The second kappa shape index (κ2) is 3.98. The highest BCUT2D eigenvalue weighted by Gasteiger charge is 2.28. The first-order chi connectivity index (χ1) is 7.64. The van der Waals surface area contributed by atoms with Gasteiger partial charge in [-0.1, -0.05) is 12.1 Å². The Bertz CT molecular complexity index is 464. The molecule has 0 unspecified atom stereocenters. The minimum Gasteiger partial charge on any atom is -0.497 e. The zero-order valence-electron chi connectivity index (χ0n) is 9.27. The molecule has 0 aliphatic heterocycles. The molecule has 0 aliphatic rings. The highest BCUT2D eigenvalue weighted by Crippen LogP contribution is 2.28. The minimum atomic E-state index is -1.14. The molecule has 0 saturated carbocycles. The second-order valence-corrected chi connectivity index (χ2v) is 3.74. The maximum Gasteiger partial charge on any atom is 0.144 e. The summed E-state index contributed by atoms with van der Waals surface area (Å²) in [5, 5.41) is 10.4. The number of hydrogen-bond donors (Lipinski definition) is 2. The lowest BCUT2D eigenvalue weighted by Gasteiger charge is -2.21. The SMILES string of the molecule is COc1cccc([C@@](C)(O)c2ncc[nH]2)c1. The number of aromatic nitrogens is 2. The van der Waals surface area contributed by atoms with E-state index in [0.717, 1.165) is 5.56 Å². The summed E-state index contributed by atoms with van der Waals surface area (Å²) in [5.41, 5.74) is -0.403. The van der Waals surface area contributed by atoms with E-state index in [1.165, 1.54) is 0 Å². The Hall–Kier alpha value is -1.81. The molecule has 1 aromatic carbocycles. The molecule has 0 amide bonds. The molecule has 4 heteroatoms. The Morgan fingerprint density at radius 1 is 1.44 bits per heavy atom. The normalized spacial score (nSPS) is 14.4. The summed E-state index contributed by atoms with van der Waals surface area (Å²) in [6.07, 6.45) is 3.30. The molecule has 2 rings (SSSR count). The highest BCUT2D eigenvalue weighted by atomic mass is 16.5. The first-order valence-electron chi connectivity index (χ1n) is 5.01. The lowest BCUT2D eigenvalue weighted by atomic mass is 9.95. The first-order valence-corrected chi connectivity index (χ1v) is 5.01. The summed E-state index contributed by atoms with van der Waals surface area (Å²) in [6.45, 7) is 1.70. The van der Waals surface area contributed by atoms with Crippen molar-refractivity contribution in [3.05, 3.63) is 48.0 Å². The van der Waals surface area contributed by atoms with Crippen LogP contribution < -0.4 is 4.74 Å². The van der Waals surface area contributed by atoms with E-state index < -0.39 is 5.60 Å². The number of aromatic amines is 1. The van der Waals surface area contributed by atoms with Crippen LogP contribution in [0.2, 0.25) is 0 Å². The topological polar surface area (TPSA) is 58.1 Å². The highest BCUT2D eigenvalue weighted by molar-refractivity contribution is 5.35. The van der Waals surface area contributed by atoms with Crippen molar-refractivity contribution in [2.45, 2.75) is 12.5 Å². The van der Waals surface area contributed by atoms with Crippen LogP contribution in [0.25, 0.3) is 0 Å². The minimum absolute atomic E-state index is 0.515. The molecule has 0 spiro atoms. The molecule has 0 bridgehead atoms. The van der Waals surface area contributed by atoms with E-state index in [1.54, 1.807) is 32.5 Å². The number of hydrogen-bond acceptors (Lipinski definition) is 3. The van der Waals surface area contributed by atoms with E-state index >= 15 is 0 Å². The van der Waals surface area contributed by atoms with E-state index in [4.69, 9.17) is 4.74 Å². The molecule has 84 valence electrons.